The molecule has 0 saturated heterocycles. The summed E-state index contributed by atoms with van der Waals surface area (Å²) in [6.45, 7) is 4.47. The molecule has 1 amide bonds. The molecule has 0 radical (unpaired) electrons. The van der Waals surface area contributed by atoms with Gasteiger partial charge in [-0.2, -0.15) is 0 Å². The zero-order valence-electron chi connectivity index (χ0n) is 15.8. The lowest BCUT2D eigenvalue weighted by Crippen LogP contribution is -2.26. The first-order chi connectivity index (χ1) is 13.4. The van der Waals surface area contributed by atoms with Crippen LogP contribution in [-0.2, 0) is 6.54 Å². The van der Waals surface area contributed by atoms with Crippen molar-refractivity contribution in [1.82, 2.24) is 4.57 Å². The van der Waals surface area contributed by atoms with Gasteiger partial charge in [-0.3, -0.25) is 9.59 Å². The molecule has 0 aliphatic rings. The third kappa shape index (κ3) is 2.91. The summed E-state index contributed by atoms with van der Waals surface area (Å²) in [5.41, 5.74) is 2.54. The molecular formula is C22H19ClN2O2S. The number of carbonyl (C=O) groups is 1. The third-order valence-corrected chi connectivity index (χ3v) is 6.40. The van der Waals surface area contributed by atoms with Gasteiger partial charge in [-0.05, 0) is 43.7 Å². The van der Waals surface area contributed by atoms with E-state index in [9.17, 15) is 9.59 Å². The number of fused-ring (bicyclic) bond motifs is 3. The Morgan fingerprint density at radius 3 is 2.64 bits per heavy atom. The van der Waals surface area contributed by atoms with Crippen molar-refractivity contribution in [2.24, 2.45) is 0 Å². The van der Waals surface area contributed by atoms with Gasteiger partial charge in [0.1, 0.15) is 0 Å². The summed E-state index contributed by atoms with van der Waals surface area (Å²) in [5.74, 6) is -0.155. The number of aryl methyl sites for hydroxylation is 2. The molecule has 0 fully saturated rings. The molecule has 0 bridgehead atoms. The number of hydrogen-bond acceptors (Lipinski definition) is 3. The number of carbonyl (C=O) groups excluding carboxylic acids is 1. The van der Waals surface area contributed by atoms with Crippen LogP contribution in [0.5, 0.6) is 0 Å². The molecule has 28 heavy (non-hydrogen) atoms. The Balaban J connectivity index is 1.89. The highest BCUT2D eigenvalue weighted by Gasteiger charge is 2.21. The van der Waals surface area contributed by atoms with Crippen molar-refractivity contribution in [3.8, 4) is 0 Å². The first kappa shape index (κ1) is 18.7. The molecule has 0 unspecified atom stereocenters. The Kier molecular flexibility index (Phi) is 4.73. The van der Waals surface area contributed by atoms with Crippen molar-refractivity contribution in [2.75, 3.05) is 11.9 Å². The summed E-state index contributed by atoms with van der Waals surface area (Å²) < 4.78 is 2.61. The van der Waals surface area contributed by atoms with E-state index in [-0.39, 0.29) is 11.5 Å². The number of rotatable bonds is 3. The van der Waals surface area contributed by atoms with Crippen LogP contribution in [0.3, 0.4) is 0 Å². The summed E-state index contributed by atoms with van der Waals surface area (Å²) in [7, 11) is 1.73. The minimum Gasteiger partial charge on any atom is -0.310 e. The SMILES string of the molecule is CCn1c(=O)c2cc(C(=O)N(C)c3cc(Cl)ccc3C)sc2c2ccccc21. The van der Waals surface area contributed by atoms with Gasteiger partial charge in [-0.15, -0.1) is 11.3 Å². The molecule has 0 atom stereocenters. The van der Waals surface area contributed by atoms with Gasteiger partial charge < -0.3 is 9.47 Å². The highest BCUT2D eigenvalue weighted by molar-refractivity contribution is 7.21. The molecule has 0 saturated carbocycles. The van der Waals surface area contributed by atoms with Gasteiger partial charge >= 0.3 is 0 Å². The second kappa shape index (κ2) is 7.08. The van der Waals surface area contributed by atoms with Crippen LogP contribution in [0.15, 0.2) is 53.3 Å². The average Bonchev–Trinajstić information content (AvgIpc) is 3.15. The van der Waals surface area contributed by atoms with Crippen molar-refractivity contribution in [2.45, 2.75) is 20.4 Å². The second-order valence-corrected chi connectivity index (χ2v) is 8.20. The van der Waals surface area contributed by atoms with Crippen LogP contribution in [0, 0.1) is 6.92 Å². The van der Waals surface area contributed by atoms with Gasteiger partial charge in [0.05, 0.1) is 15.8 Å². The van der Waals surface area contributed by atoms with Gasteiger partial charge in [0.15, 0.2) is 0 Å². The predicted octanol–water partition coefficient (Wildman–Crippen LogP) is 5.47. The third-order valence-electron chi connectivity index (χ3n) is 5.01. The number of amides is 1. The second-order valence-electron chi connectivity index (χ2n) is 6.71. The topological polar surface area (TPSA) is 42.3 Å². The normalized spacial score (nSPS) is 11.3. The molecule has 0 N–H and O–H groups in total. The lowest BCUT2D eigenvalue weighted by molar-refractivity contribution is 0.0997. The number of pyridine rings is 1. The van der Waals surface area contributed by atoms with E-state index in [0.717, 1.165) is 26.9 Å². The number of nitrogens with zero attached hydrogens (tertiary/aromatic N) is 2. The molecule has 4 rings (SSSR count). The van der Waals surface area contributed by atoms with Crippen molar-refractivity contribution in [3.05, 3.63) is 74.3 Å². The first-order valence-electron chi connectivity index (χ1n) is 9.01. The van der Waals surface area contributed by atoms with E-state index in [1.807, 2.05) is 44.2 Å². The number of benzene rings is 2. The number of para-hydroxylation sites is 1. The van der Waals surface area contributed by atoms with Crippen LogP contribution in [-0.4, -0.2) is 17.5 Å². The minimum absolute atomic E-state index is 0.0620. The van der Waals surface area contributed by atoms with Gasteiger partial charge in [0.2, 0.25) is 0 Å². The first-order valence-corrected chi connectivity index (χ1v) is 10.2. The van der Waals surface area contributed by atoms with E-state index in [1.54, 1.807) is 34.7 Å². The number of halogens is 1. The molecule has 4 aromatic rings. The zero-order chi connectivity index (χ0) is 20.0. The summed E-state index contributed by atoms with van der Waals surface area (Å²) >= 11 is 7.48. The fraction of sp³-hybridized carbons (Fsp3) is 0.182. The van der Waals surface area contributed by atoms with Gasteiger partial charge in [-0.25, -0.2) is 0 Å². The quantitative estimate of drug-likeness (QED) is 0.449. The number of thiophene rings is 1. The van der Waals surface area contributed by atoms with E-state index in [1.165, 1.54) is 11.3 Å². The average molecular weight is 411 g/mol. The summed E-state index contributed by atoms with van der Waals surface area (Å²) in [5, 5.41) is 2.16. The van der Waals surface area contributed by atoms with Crippen LogP contribution < -0.4 is 10.5 Å². The van der Waals surface area contributed by atoms with Crippen molar-refractivity contribution in [1.29, 1.82) is 0 Å². The van der Waals surface area contributed by atoms with Gasteiger partial charge in [0, 0.05) is 34.4 Å². The molecule has 0 aliphatic carbocycles. The van der Waals surface area contributed by atoms with Crippen molar-refractivity contribution >= 4 is 55.5 Å². The summed E-state index contributed by atoms with van der Waals surface area (Å²) in [6, 6.07) is 15.0. The Labute approximate surface area is 171 Å². The molecule has 2 heterocycles. The Morgan fingerprint density at radius 2 is 1.89 bits per heavy atom. The van der Waals surface area contributed by atoms with E-state index in [4.69, 9.17) is 11.6 Å². The maximum absolute atomic E-state index is 13.2. The summed E-state index contributed by atoms with van der Waals surface area (Å²) in [6.07, 6.45) is 0. The van der Waals surface area contributed by atoms with Crippen LogP contribution in [0.25, 0.3) is 21.0 Å². The molecule has 2 aromatic carbocycles. The van der Waals surface area contributed by atoms with Gasteiger partial charge in [-0.1, -0.05) is 35.9 Å². The number of anilines is 1. The van der Waals surface area contributed by atoms with Crippen LogP contribution in [0.4, 0.5) is 5.69 Å². The van der Waals surface area contributed by atoms with Crippen molar-refractivity contribution in [3.63, 3.8) is 0 Å². The Bertz CT molecular complexity index is 1290. The Morgan fingerprint density at radius 1 is 1.14 bits per heavy atom. The molecule has 0 aliphatic heterocycles. The largest absolute Gasteiger partial charge is 0.310 e. The molecule has 4 nitrogen and oxygen atoms in total. The maximum Gasteiger partial charge on any atom is 0.268 e. The van der Waals surface area contributed by atoms with Gasteiger partial charge in [0.25, 0.3) is 11.5 Å². The number of aromatic nitrogens is 1. The van der Waals surface area contributed by atoms with E-state index in [0.29, 0.717) is 21.8 Å². The lowest BCUT2D eigenvalue weighted by Gasteiger charge is -2.19. The van der Waals surface area contributed by atoms with E-state index < -0.39 is 0 Å². The molecule has 142 valence electrons. The van der Waals surface area contributed by atoms with Crippen LogP contribution in [0.1, 0.15) is 22.2 Å². The number of hydrogen-bond donors (Lipinski definition) is 0. The fourth-order valence-corrected chi connectivity index (χ4v) is 4.87. The minimum atomic E-state index is -0.155. The highest BCUT2D eigenvalue weighted by atomic mass is 35.5. The van der Waals surface area contributed by atoms with E-state index in [2.05, 4.69) is 0 Å². The maximum atomic E-state index is 13.2. The van der Waals surface area contributed by atoms with Crippen LogP contribution >= 0.6 is 22.9 Å². The van der Waals surface area contributed by atoms with Crippen molar-refractivity contribution < 1.29 is 4.79 Å². The molecule has 0 spiro atoms. The zero-order valence-corrected chi connectivity index (χ0v) is 17.4. The van der Waals surface area contributed by atoms with Crippen LogP contribution in [0.2, 0.25) is 5.02 Å². The highest BCUT2D eigenvalue weighted by Crippen LogP contribution is 2.32. The summed E-state index contributed by atoms with van der Waals surface area (Å²) in [4.78, 5) is 28.3. The monoisotopic (exact) mass is 410 g/mol. The van der Waals surface area contributed by atoms with E-state index >= 15 is 0 Å². The molecule has 6 heteroatoms. The predicted molar refractivity (Wildman–Crippen MR) is 118 cm³/mol. The lowest BCUT2D eigenvalue weighted by atomic mass is 10.1. The smallest absolute Gasteiger partial charge is 0.268 e. The molecule has 2 aromatic heterocycles. The molecular weight excluding hydrogens is 392 g/mol. The fourth-order valence-electron chi connectivity index (χ4n) is 3.54. The Hall–Kier alpha value is -2.63. The standard InChI is InChI=1S/C22H19ClN2O2S/c1-4-25-17-8-6-5-7-15(17)20-16(21(25)26)12-19(28-20)22(27)24(3)18-11-14(23)10-9-13(18)2/h5-12H,4H2,1-3H3.